The maximum atomic E-state index is 12.9. The monoisotopic (exact) mass is 480 g/mol. The molecule has 1 aliphatic heterocycles. The summed E-state index contributed by atoms with van der Waals surface area (Å²) in [6, 6.07) is 7.96. The number of carbonyl (C=O) groups is 3. The minimum atomic E-state index is -4.96. The number of amides is 2. The van der Waals surface area contributed by atoms with Crippen LogP contribution in [0.25, 0.3) is 11.1 Å². The van der Waals surface area contributed by atoms with Gasteiger partial charge < -0.3 is 19.9 Å². The summed E-state index contributed by atoms with van der Waals surface area (Å²) in [4.78, 5) is 37.3. The van der Waals surface area contributed by atoms with Gasteiger partial charge in [0.2, 0.25) is 5.91 Å². The molecule has 1 saturated heterocycles. The number of anilines is 1. The Morgan fingerprint density at radius 3 is 2.21 bits per heavy atom. The van der Waals surface area contributed by atoms with E-state index < -0.39 is 41.7 Å². The van der Waals surface area contributed by atoms with Gasteiger partial charge in [0.15, 0.2) is 0 Å². The molecule has 2 amide bonds. The van der Waals surface area contributed by atoms with Crippen LogP contribution < -0.4 is 10.1 Å². The zero-order valence-corrected chi connectivity index (χ0v) is 18.6. The SMILES string of the molecule is CC(C)(C)OC(=O)N1CCC1C(=O)Nc1ccc(OC(F)(F)F)c(-c2ccc(C(=O)O)cc2)c1. The molecule has 8 nitrogen and oxygen atoms in total. The van der Waals surface area contributed by atoms with E-state index in [0.29, 0.717) is 13.0 Å². The molecule has 182 valence electrons. The van der Waals surface area contributed by atoms with Crippen LogP contribution in [0.4, 0.5) is 23.7 Å². The summed E-state index contributed by atoms with van der Waals surface area (Å²) in [7, 11) is 0. The van der Waals surface area contributed by atoms with Crippen molar-refractivity contribution in [1.82, 2.24) is 4.90 Å². The number of halogens is 3. The fourth-order valence-corrected chi connectivity index (χ4v) is 3.26. The van der Waals surface area contributed by atoms with Crippen LogP contribution in [0.3, 0.4) is 0 Å². The molecule has 0 aliphatic carbocycles. The van der Waals surface area contributed by atoms with Crippen molar-refractivity contribution in [3.05, 3.63) is 48.0 Å². The zero-order chi connectivity index (χ0) is 25.3. The lowest BCUT2D eigenvalue weighted by molar-refractivity contribution is -0.274. The molecule has 0 radical (unpaired) electrons. The number of likely N-dealkylation sites (tertiary alicyclic amines) is 1. The van der Waals surface area contributed by atoms with Gasteiger partial charge in [-0.1, -0.05) is 12.1 Å². The van der Waals surface area contributed by atoms with E-state index in [0.717, 1.165) is 6.07 Å². The van der Waals surface area contributed by atoms with Gasteiger partial charge in [0.25, 0.3) is 0 Å². The minimum absolute atomic E-state index is 0.00956. The topological polar surface area (TPSA) is 105 Å². The quantitative estimate of drug-likeness (QED) is 0.631. The summed E-state index contributed by atoms with van der Waals surface area (Å²) >= 11 is 0. The smallest absolute Gasteiger partial charge is 0.478 e. The normalized spacial score (nSPS) is 15.8. The Morgan fingerprint density at radius 1 is 1.06 bits per heavy atom. The lowest BCUT2D eigenvalue weighted by Gasteiger charge is -2.40. The standard InChI is InChI=1S/C23H23F3N2O6/c1-22(2,3)34-21(32)28-11-10-17(28)19(29)27-15-8-9-18(33-23(24,25)26)16(12-15)13-4-6-14(7-5-13)20(30)31/h4-9,12,17H,10-11H2,1-3H3,(H,27,29)(H,30,31). The van der Waals surface area contributed by atoms with Crippen LogP contribution in [-0.2, 0) is 9.53 Å². The van der Waals surface area contributed by atoms with Crippen molar-refractivity contribution in [1.29, 1.82) is 0 Å². The van der Waals surface area contributed by atoms with Crippen molar-refractivity contribution in [3.8, 4) is 16.9 Å². The molecule has 1 atom stereocenters. The Kier molecular flexibility index (Phi) is 6.76. The number of rotatable bonds is 5. The number of hydrogen-bond donors (Lipinski definition) is 2. The summed E-state index contributed by atoms with van der Waals surface area (Å²) < 4.78 is 48.1. The average Bonchev–Trinajstić information content (AvgIpc) is 2.65. The van der Waals surface area contributed by atoms with Crippen LogP contribution in [-0.4, -0.2) is 52.5 Å². The van der Waals surface area contributed by atoms with Gasteiger partial charge in [-0.2, -0.15) is 0 Å². The van der Waals surface area contributed by atoms with Crippen molar-refractivity contribution in [2.75, 3.05) is 11.9 Å². The molecule has 2 aromatic rings. The molecule has 11 heteroatoms. The highest BCUT2D eigenvalue weighted by molar-refractivity contribution is 5.98. The van der Waals surface area contributed by atoms with E-state index in [1.807, 2.05) is 0 Å². The molecular formula is C23H23F3N2O6. The minimum Gasteiger partial charge on any atom is -0.478 e. The predicted octanol–water partition coefficient (Wildman–Crippen LogP) is 4.90. The Morgan fingerprint density at radius 2 is 1.71 bits per heavy atom. The van der Waals surface area contributed by atoms with Crippen LogP contribution in [0.1, 0.15) is 37.6 Å². The second-order valence-corrected chi connectivity index (χ2v) is 8.61. The van der Waals surface area contributed by atoms with E-state index in [9.17, 15) is 27.6 Å². The van der Waals surface area contributed by atoms with Gasteiger partial charge in [0.05, 0.1) is 5.56 Å². The third-order valence-electron chi connectivity index (χ3n) is 4.87. The lowest BCUT2D eigenvalue weighted by Crippen LogP contribution is -2.57. The van der Waals surface area contributed by atoms with Crippen molar-refractivity contribution in [2.45, 2.75) is 45.2 Å². The van der Waals surface area contributed by atoms with Gasteiger partial charge in [0, 0.05) is 17.8 Å². The zero-order valence-electron chi connectivity index (χ0n) is 18.6. The van der Waals surface area contributed by atoms with E-state index in [-0.39, 0.29) is 22.4 Å². The second-order valence-electron chi connectivity index (χ2n) is 8.61. The second kappa shape index (κ2) is 9.24. The number of carboxylic acid groups (broad SMARTS) is 1. The highest BCUT2D eigenvalue weighted by Gasteiger charge is 2.40. The summed E-state index contributed by atoms with van der Waals surface area (Å²) in [5.74, 6) is -2.23. The van der Waals surface area contributed by atoms with Gasteiger partial charge >= 0.3 is 18.4 Å². The molecule has 1 heterocycles. The Hall–Kier alpha value is -3.76. The molecule has 34 heavy (non-hydrogen) atoms. The molecule has 0 bridgehead atoms. The molecule has 0 spiro atoms. The van der Waals surface area contributed by atoms with Crippen LogP contribution in [0.15, 0.2) is 42.5 Å². The predicted molar refractivity (Wildman–Crippen MR) is 115 cm³/mol. The van der Waals surface area contributed by atoms with Gasteiger partial charge in [-0.15, -0.1) is 13.2 Å². The molecule has 1 unspecified atom stereocenters. The molecule has 0 saturated carbocycles. The number of benzene rings is 2. The Bertz CT molecular complexity index is 1090. The number of alkyl halides is 3. The average molecular weight is 480 g/mol. The lowest BCUT2D eigenvalue weighted by atomic mass is 10.0. The van der Waals surface area contributed by atoms with Gasteiger partial charge in [-0.3, -0.25) is 9.69 Å². The molecule has 1 fully saturated rings. The van der Waals surface area contributed by atoms with Crippen molar-refractivity contribution >= 4 is 23.7 Å². The molecule has 2 aromatic carbocycles. The van der Waals surface area contributed by atoms with Crippen LogP contribution in [0.5, 0.6) is 5.75 Å². The third-order valence-corrected chi connectivity index (χ3v) is 4.87. The van der Waals surface area contributed by atoms with Crippen LogP contribution in [0.2, 0.25) is 0 Å². The summed E-state index contributed by atoms with van der Waals surface area (Å²) in [6.07, 6.45) is -5.18. The number of nitrogens with one attached hydrogen (secondary N) is 1. The van der Waals surface area contributed by atoms with E-state index >= 15 is 0 Å². The van der Waals surface area contributed by atoms with Crippen molar-refractivity contribution in [2.24, 2.45) is 0 Å². The highest BCUT2D eigenvalue weighted by atomic mass is 19.4. The summed E-state index contributed by atoms with van der Waals surface area (Å²) in [5, 5.41) is 11.6. The first-order valence-corrected chi connectivity index (χ1v) is 10.3. The van der Waals surface area contributed by atoms with E-state index in [1.54, 1.807) is 20.8 Å². The van der Waals surface area contributed by atoms with Crippen LogP contribution >= 0.6 is 0 Å². The van der Waals surface area contributed by atoms with E-state index in [2.05, 4.69) is 10.1 Å². The van der Waals surface area contributed by atoms with Gasteiger partial charge in [-0.05, 0) is 63.1 Å². The van der Waals surface area contributed by atoms with Gasteiger partial charge in [-0.25, -0.2) is 9.59 Å². The number of hydrogen-bond acceptors (Lipinski definition) is 5. The third kappa shape index (κ3) is 6.18. The molecule has 1 aliphatic rings. The molecule has 3 rings (SSSR count). The van der Waals surface area contributed by atoms with Gasteiger partial charge in [0.1, 0.15) is 17.4 Å². The van der Waals surface area contributed by atoms with E-state index in [1.165, 1.54) is 41.3 Å². The number of carbonyl (C=O) groups excluding carboxylic acids is 2. The Balaban J connectivity index is 1.84. The number of nitrogens with zero attached hydrogens (tertiary/aromatic N) is 1. The number of carboxylic acids is 1. The number of ether oxygens (including phenoxy) is 2. The fourth-order valence-electron chi connectivity index (χ4n) is 3.26. The summed E-state index contributed by atoms with van der Waals surface area (Å²) in [5.41, 5.74) is -0.358. The maximum absolute atomic E-state index is 12.9. The highest BCUT2D eigenvalue weighted by Crippen LogP contribution is 2.36. The molecular weight excluding hydrogens is 457 g/mol. The van der Waals surface area contributed by atoms with Crippen LogP contribution in [0, 0.1) is 0 Å². The van der Waals surface area contributed by atoms with Crippen molar-refractivity contribution in [3.63, 3.8) is 0 Å². The van der Waals surface area contributed by atoms with E-state index in [4.69, 9.17) is 9.84 Å². The summed E-state index contributed by atoms with van der Waals surface area (Å²) in [6.45, 7) is 5.45. The first kappa shape index (κ1) is 24.9. The molecule has 0 aromatic heterocycles. The fraction of sp³-hybridized carbons (Fsp3) is 0.348. The largest absolute Gasteiger partial charge is 0.573 e. The number of aromatic carboxylic acids is 1. The molecule has 2 N–H and O–H groups in total. The first-order chi connectivity index (χ1) is 15.7. The first-order valence-electron chi connectivity index (χ1n) is 10.3. The maximum Gasteiger partial charge on any atom is 0.573 e. The van der Waals surface area contributed by atoms with Crippen molar-refractivity contribution < 1.29 is 42.1 Å². The Labute approximate surface area is 193 Å².